The number of hydrogen-bond donors (Lipinski definition) is 3. The van der Waals surface area contributed by atoms with Crippen LogP contribution in [0.2, 0.25) is 0 Å². The molecule has 0 unspecified atom stereocenters. The zero-order valence-corrected chi connectivity index (χ0v) is 12.9. The lowest BCUT2D eigenvalue weighted by atomic mass is 9.82. The van der Waals surface area contributed by atoms with Crippen molar-refractivity contribution >= 4 is 11.9 Å². The van der Waals surface area contributed by atoms with Crippen molar-refractivity contribution in [3.63, 3.8) is 0 Å². The highest BCUT2D eigenvalue weighted by molar-refractivity contribution is 5.92. The van der Waals surface area contributed by atoms with Crippen LogP contribution in [-0.4, -0.2) is 38.5 Å². The molecular weight excluding hydrogens is 312 g/mol. The van der Waals surface area contributed by atoms with Crippen LogP contribution in [0.15, 0.2) is 24.3 Å². The van der Waals surface area contributed by atoms with E-state index in [-0.39, 0.29) is 17.7 Å². The Morgan fingerprint density at radius 2 is 1.83 bits per heavy atom. The van der Waals surface area contributed by atoms with Gasteiger partial charge in [0, 0.05) is 5.56 Å². The van der Waals surface area contributed by atoms with E-state index < -0.39 is 11.9 Å². The zero-order valence-electron chi connectivity index (χ0n) is 12.9. The number of carbonyl (C=O) groups is 2. The summed E-state index contributed by atoms with van der Waals surface area (Å²) in [5, 5.41) is 18.5. The molecule has 4 N–H and O–H groups in total. The van der Waals surface area contributed by atoms with Crippen molar-refractivity contribution in [2.45, 2.75) is 37.7 Å². The minimum absolute atomic E-state index is 0.0387. The van der Waals surface area contributed by atoms with E-state index in [9.17, 15) is 9.59 Å². The first-order valence-corrected chi connectivity index (χ1v) is 7.75. The number of rotatable bonds is 5. The summed E-state index contributed by atoms with van der Waals surface area (Å²) in [4.78, 5) is 22.1. The molecule has 8 heteroatoms. The standard InChI is InChI=1S/C16H18N4O4/c17-14(21)11-3-1-9(2-4-11)10-5-7-12(8-6-10)24-15-13(16(22)23)18-20-19-15/h1-4,10,12H,5-8H2,(H2,17,21)(H,22,23)(H,18,19,20)/t10-,12-. The Bertz CT molecular complexity index is 733. The van der Waals surface area contributed by atoms with Crippen molar-refractivity contribution in [1.29, 1.82) is 0 Å². The van der Waals surface area contributed by atoms with E-state index in [1.165, 1.54) is 5.56 Å². The molecule has 0 aliphatic heterocycles. The molecule has 1 saturated carbocycles. The SMILES string of the molecule is NC(=O)c1ccc([C@H]2CC[C@H](Oc3nn[nH]c3C(=O)O)CC2)cc1. The monoisotopic (exact) mass is 330 g/mol. The molecule has 0 spiro atoms. The molecular formula is C16H18N4O4. The van der Waals surface area contributed by atoms with Gasteiger partial charge in [-0.05, 0) is 49.3 Å². The van der Waals surface area contributed by atoms with Crippen LogP contribution in [0.3, 0.4) is 0 Å². The number of hydrogen-bond acceptors (Lipinski definition) is 5. The van der Waals surface area contributed by atoms with Crippen molar-refractivity contribution in [2.75, 3.05) is 0 Å². The molecule has 1 aromatic heterocycles. The summed E-state index contributed by atoms with van der Waals surface area (Å²) >= 11 is 0. The highest BCUT2D eigenvalue weighted by atomic mass is 16.5. The molecule has 24 heavy (non-hydrogen) atoms. The van der Waals surface area contributed by atoms with Crippen LogP contribution in [-0.2, 0) is 0 Å². The lowest BCUT2D eigenvalue weighted by molar-refractivity contribution is 0.0677. The van der Waals surface area contributed by atoms with Gasteiger partial charge in [-0.1, -0.05) is 22.4 Å². The first kappa shape index (κ1) is 16.0. The average Bonchev–Trinajstić information content (AvgIpc) is 3.04. The van der Waals surface area contributed by atoms with Crippen LogP contribution >= 0.6 is 0 Å². The summed E-state index contributed by atoms with van der Waals surface area (Å²) in [5.41, 5.74) is 6.80. The van der Waals surface area contributed by atoms with Crippen molar-refractivity contribution in [1.82, 2.24) is 15.4 Å². The molecule has 8 nitrogen and oxygen atoms in total. The van der Waals surface area contributed by atoms with Gasteiger partial charge in [-0.3, -0.25) is 4.79 Å². The number of nitrogens with one attached hydrogen (secondary N) is 1. The predicted octanol–water partition coefficient (Wildman–Crippen LogP) is 1.71. The summed E-state index contributed by atoms with van der Waals surface area (Å²) in [6.07, 6.45) is 3.36. The van der Waals surface area contributed by atoms with Crippen molar-refractivity contribution in [2.24, 2.45) is 5.73 Å². The summed E-state index contributed by atoms with van der Waals surface area (Å²) in [6.45, 7) is 0. The topological polar surface area (TPSA) is 131 Å². The fourth-order valence-electron chi connectivity index (χ4n) is 3.03. The van der Waals surface area contributed by atoms with Gasteiger partial charge in [-0.2, -0.15) is 0 Å². The lowest BCUT2D eigenvalue weighted by Gasteiger charge is -2.28. The van der Waals surface area contributed by atoms with Crippen LogP contribution in [0.4, 0.5) is 0 Å². The highest BCUT2D eigenvalue weighted by Crippen LogP contribution is 2.34. The van der Waals surface area contributed by atoms with Crippen molar-refractivity contribution < 1.29 is 19.4 Å². The maximum Gasteiger partial charge on any atom is 0.359 e. The molecule has 1 amide bonds. The zero-order chi connectivity index (χ0) is 17.1. The molecule has 1 aliphatic carbocycles. The average molecular weight is 330 g/mol. The van der Waals surface area contributed by atoms with Gasteiger partial charge in [0.05, 0.1) is 0 Å². The third-order valence-electron chi connectivity index (χ3n) is 4.35. The third-order valence-corrected chi connectivity index (χ3v) is 4.35. The van der Waals surface area contributed by atoms with Crippen LogP contribution in [0.1, 0.15) is 58.0 Å². The molecule has 3 rings (SSSR count). The molecule has 0 bridgehead atoms. The van der Waals surface area contributed by atoms with E-state index in [0.717, 1.165) is 25.7 Å². The van der Waals surface area contributed by atoms with E-state index >= 15 is 0 Å². The van der Waals surface area contributed by atoms with Gasteiger partial charge in [-0.25, -0.2) is 9.89 Å². The maximum atomic E-state index is 11.1. The van der Waals surface area contributed by atoms with Crippen molar-refractivity contribution in [3.05, 3.63) is 41.1 Å². The quantitative estimate of drug-likeness (QED) is 0.764. The number of H-pyrrole nitrogens is 1. The number of ether oxygens (including phenoxy) is 1. The second-order valence-electron chi connectivity index (χ2n) is 5.87. The smallest absolute Gasteiger partial charge is 0.359 e. The second kappa shape index (κ2) is 6.69. The number of aromatic nitrogens is 3. The Morgan fingerprint density at radius 1 is 1.17 bits per heavy atom. The Labute approximate surface area is 138 Å². The number of carbonyl (C=O) groups excluding carboxylic acids is 1. The number of carboxylic acids is 1. The number of primary amides is 1. The Morgan fingerprint density at radius 3 is 2.42 bits per heavy atom. The number of nitrogens with zero attached hydrogens (tertiary/aromatic N) is 2. The van der Waals surface area contributed by atoms with E-state index in [1.807, 2.05) is 12.1 Å². The van der Waals surface area contributed by atoms with Gasteiger partial charge in [0.2, 0.25) is 11.6 Å². The summed E-state index contributed by atoms with van der Waals surface area (Å²) in [7, 11) is 0. The largest absolute Gasteiger partial charge is 0.476 e. The predicted molar refractivity (Wildman–Crippen MR) is 83.9 cm³/mol. The highest BCUT2D eigenvalue weighted by Gasteiger charge is 2.26. The van der Waals surface area contributed by atoms with Gasteiger partial charge in [0.1, 0.15) is 6.10 Å². The number of amides is 1. The first-order valence-electron chi connectivity index (χ1n) is 7.75. The van der Waals surface area contributed by atoms with Crippen molar-refractivity contribution in [3.8, 4) is 5.88 Å². The minimum Gasteiger partial charge on any atom is -0.476 e. The van der Waals surface area contributed by atoms with Crippen LogP contribution in [0, 0.1) is 0 Å². The summed E-state index contributed by atoms with van der Waals surface area (Å²) in [6, 6.07) is 7.36. The van der Waals surface area contributed by atoms with Gasteiger partial charge >= 0.3 is 5.97 Å². The Hall–Kier alpha value is -2.90. The molecule has 1 aliphatic rings. The first-order chi connectivity index (χ1) is 11.5. The fourth-order valence-corrected chi connectivity index (χ4v) is 3.03. The number of aromatic amines is 1. The molecule has 0 radical (unpaired) electrons. The van der Waals surface area contributed by atoms with Crippen LogP contribution in [0.25, 0.3) is 0 Å². The van der Waals surface area contributed by atoms with E-state index in [2.05, 4.69) is 15.4 Å². The van der Waals surface area contributed by atoms with Crippen LogP contribution < -0.4 is 10.5 Å². The van der Waals surface area contributed by atoms with Gasteiger partial charge in [0.15, 0.2) is 0 Å². The molecule has 126 valence electrons. The van der Waals surface area contributed by atoms with E-state index in [0.29, 0.717) is 11.5 Å². The normalized spacial score (nSPS) is 20.5. The van der Waals surface area contributed by atoms with Crippen LogP contribution in [0.5, 0.6) is 5.88 Å². The molecule has 2 aromatic rings. The number of nitrogens with two attached hydrogens (primary N) is 1. The molecule has 0 saturated heterocycles. The summed E-state index contributed by atoms with van der Waals surface area (Å²) < 4.78 is 5.68. The Kier molecular flexibility index (Phi) is 4.45. The lowest BCUT2D eigenvalue weighted by Crippen LogP contribution is -2.24. The van der Waals surface area contributed by atoms with E-state index in [1.54, 1.807) is 12.1 Å². The number of benzene rings is 1. The van der Waals surface area contributed by atoms with Gasteiger partial charge < -0.3 is 15.6 Å². The number of aromatic carboxylic acids is 1. The summed E-state index contributed by atoms with van der Waals surface area (Å²) in [5.74, 6) is -1.14. The van der Waals surface area contributed by atoms with Gasteiger partial charge in [0.25, 0.3) is 5.88 Å². The molecule has 0 atom stereocenters. The van der Waals surface area contributed by atoms with Gasteiger partial charge in [-0.15, -0.1) is 0 Å². The molecule has 1 aromatic carbocycles. The molecule has 1 heterocycles. The fraction of sp³-hybridized carbons (Fsp3) is 0.375. The minimum atomic E-state index is -1.14. The third kappa shape index (κ3) is 3.37. The molecule has 1 fully saturated rings. The van der Waals surface area contributed by atoms with E-state index in [4.69, 9.17) is 15.6 Å². The Balaban J connectivity index is 1.58. The second-order valence-corrected chi connectivity index (χ2v) is 5.87. The number of carboxylic acid groups (broad SMARTS) is 1. The maximum absolute atomic E-state index is 11.1.